The van der Waals surface area contributed by atoms with Crippen molar-refractivity contribution in [1.29, 1.82) is 0 Å². The van der Waals surface area contributed by atoms with E-state index in [-0.39, 0.29) is 0 Å². The average molecular weight is 521 g/mol. The van der Waals surface area contributed by atoms with Crippen LogP contribution in [0.3, 0.4) is 0 Å². The number of hydrogen-bond acceptors (Lipinski definition) is 2. The van der Waals surface area contributed by atoms with Crippen LogP contribution in [0.15, 0.2) is 0 Å². The van der Waals surface area contributed by atoms with Crippen LogP contribution in [0.4, 0.5) is 0 Å². The van der Waals surface area contributed by atoms with Crippen LogP contribution < -0.4 is 0 Å². The average Bonchev–Trinajstić information content (AvgIpc) is 3.02. The third kappa shape index (κ3) is 4.82. The molecule has 0 heterocycles. The van der Waals surface area contributed by atoms with Crippen LogP contribution in [-0.2, 0) is 8.85 Å². The van der Waals surface area contributed by atoms with Crippen LogP contribution in [0.2, 0.25) is 36.3 Å². The molecule has 204 valence electrons. The quantitative estimate of drug-likeness (QED) is 0.343. The van der Waals surface area contributed by atoms with Gasteiger partial charge in [-0.3, -0.25) is 0 Å². The molecule has 2 nitrogen and oxygen atoms in total. The van der Waals surface area contributed by atoms with Gasteiger partial charge < -0.3 is 8.85 Å². The normalized spacial score (nSPS) is 42.9. The molecule has 0 aromatic rings. The van der Waals surface area contributed by atoms with Gasteiger partial charge in [-0.1, -0.05) is 55.4 Å². The van der Waals surface area contributed by atoms with Crippen LogP contribution in [0, 0.1) is 34.5 Å². The van der Waals surface area contributed by atoms with Crippen molar-refractivity contribution in [2.75, 3.05) is 0 Å². The lowest BCUT2D eigenvalue weighted by atomic mass is 9.45. The van der Waals surface area contributed by atoms with Crippen molar-refractivity contribution in [3.63, 3.8) is 0 Å². The minimum atomic E-state index is -1.73. The topological polar surface area (TPSA) is 18.5 Å². The van der Waals surface area contributed by atoms with Crippen molar-refractivity contribution in [1.82, 2.24) is 0 Å². The van der Waals surface area contributed by atoms with E-state index in [0.717, 1.165) is 23.7 Å². The first kappa shape index (κ1) is 28.4. The molecule has 0 aliphatic heterocycles. The summed E-state index contributed by atoms with van der Waals surface area (Å²) in [6.07, 6.45) is 13.5. The summed E-state index contributed by atoms with van der Waals surface area (Å²) in [5.41, 5.74) is 0.943. The van der Waals surface area contributed by atoms with E-state index in [1.54, 1.807) is 0 Å². The second kappa shape index (κ2) is 8.95. The summed E-state index contributed by atoms with van der Waals surface area (Å²) in [4.78, 5) is 0. The van der Waals surface area contributed by atoms with Gasteiger partial charge in [0.05, 0.1) is 6.10 Å². The fraction of sp³-hybridized carbons (Fsp3) is 1.00. The zero-order valence-electron chi connectivity index (χ0n) is 25.6. The van der Waals surface area contributed by atoms with E-state index < -0.39 is 16.6 Å². The molecule has 0 aromatic heterocycles. The van der Waals surface area contributed by atoms with Gasteiger partial charge in [-0.2, -0.15) is 0 Å². The first-order chi connectivity index (χ1) is 15.8. The second-order valence-electron chi connectivity index (χ2n) is 16.9. The SMILES string of the molecule is CC(C)(C)[Si](C)(C)O[C@@H]1CC[C@]2(C)C3CC[C@@]4(C)C(CC[C@@H]4O[Si](C)(C)C(C)(C)C)C3CC[C@H]2C1. The van der Waals surface area contributed by atoms with Crippen molar-refractivity contribution in [3.8, 4) is 0 Å². The second-order valence-corrected chi connectivity index (χ2v) is 26.4. The Morgan fingerprint density at radius 3 is 1.77 bits per heavy atom. The van der Waals surface area contributed by atoms with E-state index in [9.17, 15) is 0 Å². The molecule has 4 fully saturated rings. The van der Waals surface area contributed by atoms with E-state index in [1.165, 1.54) is 57.8 Å². The zero-order valence-corrected chi connectivity index (χ0v) is 27.6. The van der Waals surface area contributed by atoms with Crippen molar-refractivity contribution >= 4 is 16.6 Å². The van der Waals surface area contributed by atoms with E-state index in [4.69, 9.17) is 8.85 Å². The van der Waals surface area contributed by atoms with Crippen LogP contribution in [0.1, 0.15) is 113 Å². The molecule has 8 atom stereocenters. The van der Waals surface area contributed by atoms with E-state index in [2.05, 4.69) is 81.6 Å². The van der Waals surface area contributed by atoms with Gasteiger partial charge in [-0.15, -0.1) is 0 Å². The number of hydrogen-bond donors (Lipinski definition) is 0. The van der Waals surface area contributed by atoms with Crippen molar-refractivity contribution in [2.45, 2.75) is 162 Å². The summed E-state index contributed by atoms with van der Waals surface area (Å²) in [7, 11) is -3.42. The molecule has 4 aliphatic carbocycles. The Bertz CT molecular complexity index is 778. The molecular formula is C31H60O2Si2. The maximum Gasteiger partial charge on any atom is 0.192 e. The molecule has 35 heavy (non-hydrogen) atoms. The standard InChI is InChI=1S/C31H60O2Si2/c1-28(2,3)34(9,10)32-23-17-19-30(7)22(21-23)13-14-24-25-15-16-27(31(25,8)20-18-26(24)30)33-35(11,12)29(4,5)6/h22-27H,13-21H2,1-12H3/t22-,23+,24?,25?,26?,27-,30-,31-/m0/s1. The molecule has 0 spiro atoms. The molecule has 4 aliphatic rings. The van der Waals surface area contributed by atoms with E-state index in [1.807, 2.05) is 0 Å². The lowest BCUT2D eigenvalue weighted by molar-refractivity contribution is -0.131. The molecule has 0 saturated heterocycles. The molecule has 3 unspecified atom stereocenters. The highest BCUT2D eigenvalue weighted by Crippen LogP contribution is 2.67. The fourth-order valence-electron chi connectivity index (χ4n) is 8.60. The molecule has 4 saturated carbocycles. The Balaban J connectivity index is 1.46. The molecule has 0 aromatic carbocycles. The van der Waals surface area contributed by atoms with Crippen LogP contribution in [-0.4, -0.2) is 28.8 Å². The molecule has 0 bridgehead atoms. The van der Waals surface area contributed by atoms with Gasteiger partial charge in [0.1, 0.15) is 0 Å². The summed E-state index contributed by atoms with van der Waals surface area (Å²) < 4.78 is 14.1. The lowest BCUT2D eigenvalue weighted by Crippen LogP contribution is -2.56. The minimum Gasteiger partial charge on any atom is -0.414 e. The number of fused-ring (bicyclic) bond motifs is 5. The van der Waals surface area contributed by atoms with Crippen LogP contribution in [0.5, 0.6) is 0 Å². The maximum atomic E-state index is 7.16. The van der Waals surface area contributed by atoms with Crippen LogP contribution in [0.25, 0.3) is 0 Å². The monoisotopic (exact) mass is 520 g/mol. The summed E-state index contributed by atoms with van der Waals surface area (Å²) in [6, 6.07) is 0. The van der Waals surface area contributed by atoms with Gasteiger partial charge in [0.15, 0.2) is 16.6 Å². The Labute approximate surface area is 221 Å². The molecule has 0 N–H and O–H groups in total. The first-order valence-corrected chi connectivity index (χ1v) is 21.0. The van der Waals surface area contributed by atoms with Gasteiger partial charge in [-0.25, -0.2) is 0 Å². The van der Waals surface area contributed by atoms with Crippen LogP contribution >= 0.6 is 0 Å². The van der Waals surface area contributed by atoms with Crippen molar-refractivity contribution in [3.05, 3.63) is 0 Å². The Morgan fingerprint density at radius 1 is 0.629 bits per heavy atom. The highest BCUT2D eigenvalue weighted by molar-refractivity contribution is 6.74. The molecular weight excluding hydrogens is 461 g/mol. The summed E-state index contributed by atoms with van der Waals surface area (Å²) >= 11 is 0. The smallest absolute Gasteiger partial charge is 0.192 e. The van der Waals surface area contributed by atoms with Crippen molar-refractivity contribution < 1.29 is 8.85 Å². The third-order valence-corrected chi connectivity index (χ3v) is 22.1. The Hall–Kier alpha value is 0.354. The highest BCUT2D eigenvalue weighted by Gasteiger charge is 2.61. The first-order valence-electron chi connectivity index (χ1n) is 15.2. The lowest BCUT2D eigenvalue weighted by Gasteiger charge is -2.61. The predicted octanol–water partition coefficient (Wildman–Crippen LogP) is 9.81. The summed E-state index contributed by atoms with van der Waals surface area (Å²) in [5, 5.41) is 0.611. The minimum absolute atomic E-state index is 0.301. The molecule has 0 radical (unpaired) electrons. The Morgan fingerprint density at radius 2 is 1.17 bits per heavy atom. The predicted molar refractivity (Wildman–Crippen MR) is 156 cm³/mol. The van der Waals surface area contributed by atoms with Gasteiger partial charge in [0.2, 0.25) is 0 Å². The molecule has 4 heteroatoms. The van der Waals surface area contributed by atoms with Gasteiger partial charge in [-0.05, 0) is 129 Å². The number of rotatable bonds is 4. The highest BCUT2D eigenvalue weighted by atomic mass is 28.4. The van der Waals surface area contributed by atoms with E-state index in [0.29, 0.717) is 33.1 Å². The maximum absolute atomic E-state index is 7.16. The Kier molecular flexibility index (Phi) is 7.25. The summed E-state index contributed by atoms with van der Waals surface area (Å²) in [6.45, 7) is 29.5. The van der Waals surface area contributed by atoms with Crippen molar-refractivity contribution in [2.24, 2.45) is 34.5 Å². The molecule has 4 rings (SSSR count). The van der Waals surface area contributed by atoms with Gasteiger partial charge >= 0.3 is 0 Å². The largest absolute Gasteiger partial charge is 0.414 e. The zero-order chi connectivity index (χ0) is 26.2. The van der Waals surface area contributed by atoms with Gasteiger partial charge in [0.25, 0.3) is 0 Å². The fourth-order valence-corrected chi connectivity index (χ4v) is 11.5. The molecule has 0 amide bonds. The third-order valence-electron chi connectivity index (χ3n) is 13.0. The van der Waals surface area contributed by atoms with E-state index >= 15 is 0 Å². The van der Waals surface area contributed by atoms with Gasteiger partial charge in [0, 0.05) is 6.10 Å². The summed E-state index contributed by atoms with van der Waals surface area (Å²) in [5.74, 6) is 3.62.